The van der Waals surface area contributed by atoms with Crippen molar-refractivity contribution >= 4 is 11.9 Å². The topological polar surface area (TPSA) is 90.7 Å². The Morgan fingerprint density at radius 1 is 1.13 bits per heavy atom. The normalized spacial score (nSPS) is 23.8. The quantitative estimate of drug-likeness (QED) is 0.613. The van der Waals surface area contributed by atoms with Crippen LogP contribution in [0, 0.1) is 5.92 Å². The van der Waals surface area contributed by atoms with Gasteiger partial charge in [-0.15, -0.1) is 0 Å². The number of carbonyl (C=O) groups excluding carboxylic acids is 2. The zero-order valence-electron chi connectivity index (χ0n) is 14.2. The lowest BCUT2D eigenvalue weighted by molar-refractivity contribution is -0.119. The standard InChI is InChI=1S/C16H31N5O2/c1-2-6-20-7-3-13(11-20)10-18-16(23)19-14-4-8-21(9-5-14)12-15(17)22/h13-14H,2-12H2,1H3,(H2,17,22)(H2,18,19,23)/t13-/m0/s1. The molecule has 0 aromatic heterocycles. The van der Waals surface area contributed by atoms with Crippen LogP contribution in [-0.4, -0.2) is 73.6 Å². The fourth-order valence-corrected chi connectivity index (χ4v) is 3.53. The molecular formula is C16H31N5O2. The maximum Gasteiger partial charge on any atom is 0.315 e. The zero-order chi connectivity index (χ0) is 16.7. The van der Waals surface area contributed by atoms with Crippen molar-refractivity contribution in [2.24, 2.45) is 11.7 Å². The van der Waals surface area contributed by atoms with Crippen molar-refractivity contribution in [3.8, 4) is 0 Å². The van der Waals surface area contributed by atoms with Crippen molar-refractivity contribution in [3.63, 3.8) is 0 Å². The van der Waals surface area contributed by atoms with Crippen molar-refractivity contribution < 1.29 is 9.59 Å². The average Bonchev–Trinajstić information content (AvgIpc) is 2.95. The molecule has 2 aliphatic heterocycles. The van der Waals surface area contributed by atoms with Gasteiger partial charge in [-0.1, -0.05) is 6.92 Å². The minimum Gasteiger partial charge on any atom is -0.369 e. The van der Waals surface area contributed by atoms with Gasteiger partial charge >= 0.3 is 6.03 Å². The lowest BCUT2D eigenvalue weighted by atomic mass is 10.1. The second-order valence-corrected chi connectivity index (χ2v) is 6.83. The van der Waals surface area contributed by atoms with Crippen LogP contribution >= 0.6 is 0 Å². The molecule has 0 radical (unpaired) electrons. The number of urea groups is 1. The van der Waals surface area contributed by atoms with E-state index in [1.54, 1.807) is 0 Å². The molecule has 0 aliphatic carbocycles. The Kier molecular flexibility index (Phi) is 7.11. The van der Waals surface area contributed by atoms with Gasteiger partial charge in [0.1, 0.15) is 0 Å². The highest BCUT2D eigenvalue weighted by Gasteiger charge is 2.24. The smallest absolute Gasteiger partial charge is 0.315 e. The number of carbonyl (C=O) groups is 2. The predicted molar refractivity (Wildman–Crippen MR) is 90.0 cm³/mol. The second kappa shape index (κ2) is 9.08. The Morgan fingerprint density at radius 2 is 1.83 bits per heavy atom. The van der Waals surface area contributed by atoms with Gasteiger partial charge in [0.15, 0.2) is 0 Å². The Bertz CT molecular complexity index is 396. The molecule has 2 rings (SSSR count). The van der Waals surface area contributed by atoms with Gasteiger partial charge in [-0.05, 0) is 44.7 Å². The van der Waals surface area contributed by atoms with Gasteiger partial charge in [0.05, 0.1) is 6.54 Å². The molecule has 7 nitrogen and oxygen atoms in total. The van der Waals surface area contributed by atoms with Gasteiger partial charge in [-0.25, -0.2) is 4.79 Å². The van der Waals surface area contributed by atoms with Crippen LogP contribution in [0.5, 0.6) is 0 Å². The summed E-state index contributed by atoms with van der Waals surface area (Å²) in [5.41, 5.74) is 5.20. The van der Waals surface area contributed by atoms with Crippen LogP contribution in [0.4, 0.5) is 4.79 Å². The summed E-state index contributed by atoms with van der Waals surface area (Å²) < 4.78 is 0. The molecule has 2 aliphatic rings. The van der Waals surface area contributed by atoms with Crippen LogP contribution < -0.4 is 16.4 Å². The van der Waals surface area contributed by atoms with Crippen molar-refractivity contribution in [1.29, 1.82) is 0 Å². The Labute approximate surface area is 138 Å². The molecule has 0 bridgehead atoms. The van der Waals surface area contributed by atoms with Gasteiger partial charge < -0.3 is 21.3 Å². The van der Waals surface area contributed by atoms with Crippen LogP contribution in [0.3, 0.4) is 0 Å². The van der Waals surface area contributed by atoms with E-state index in [-0.39, 0.29) is 18.0 Å². The van der Waals surface area contributed by atoms with Gasteiger partial charge in [0.25, 0.3) is 0 Å². The van der Waals surface area contributed by atoms with Crippen molar-refractivity contribution in [2.75, 3.05) is 45.8 Å². The molecule has 0 unspecified atom stereocenters. The minimum atomic E-state index is -0.289. The van der Waals surface area contributed by atoms with E-state index in [1.807, 2.05) is 4.90 Å². The molecule has 7 heteroatoms. The molecular weight excluding hydrogens is 294 g/mol. The first-order valence-electron chi connectivity index (χ1n) is 8.84. The molecule has 0 spiro atoms. The molecule has 132 valence electrons. The van der Waals surface area contributed by atoms with Crippen molar-refractivity contribution in [2.45, 2.75) is 38.6 Å². The summed E-state index contributed by atoms with van der Waals surface area (Å²) >= 11 is 0. The highest BCUT2D eigenvalue weighted by Crippen LogP contribution is 2.15. The molecule has 3 amide bonds. The fraction of sp³-hybridized carbons (Fsp3) is 0.875. The highest BCUT2D eigenvalue weighted by molar-refractivity contribution is 5.76. The largest absolute Gasteiger partial charge is 0.369 e. The fourth-order valence-electron chi connectivity index (χ4n) is 3.53. The number of hydrogen-bond acceptors (Lipinski definition) is 4. The third-order valence-corrected chi connectivity index (χ3v) is 4.76. The number of piperidine rings is 1. The highest BCUT2D eigenvalue weighted by atomic mass is 16.2. The molecule has 0 aromatic carbocycles. The van der Waals surface area contributed by atoms with E-state index in [2.05, 4.69) is 22.5 Å². The number of rotatable bonds is 7. The monoisotopic (exact) mass is 325 g/mol. The molecule has 23 heavy (non-hydrogen) atoms. The molecule has 4 N–H and O–H groups in total. The molecule has 0 saturated carbocycles. The lowest BCUT2D eigenvalue weighted by Crippen LogP contribution is -2.49. The van der Waals surface area contributed by atoms with E-state index in [0.29, 0.717) is 12.5 Å². The maximum absolute atomic E-state index is 12.0. The van der Waals surface area contributed by atoms with E-state index in [0.717, 1.165) is 52.1 Å². The lowest BCUT2D eigenvalue weighted by Gasteiger charge is -2.31. The van der Waals surface area contributed by atoms with Gasteiger partial charge in [-0.2, -0.15) is 0 Å². The number of nitrogens with two attached hydrogens (primary N) is 1. The van der Waals surface area contributed by atoms with Crippen molar-refractivity contribution in [1.82, 2.24) is 20.4 Å². The zero-order valence-corrected chi connectivity index (χ0v) is 14.2. The summed E-state index contributed by atoms with van der Waals surface area (Å²) in [5.74, 6) is 0.285. The van der Waals surface area contributed by atoms with Gasteiger partial charge in [0, 0.05) is 32.2 Å². The average molecular weight is 325 g/mol. The Hall–Kier alpha value is -1.34. The number of nitrogens with one attached hydrogen (secondary N) is 2. The van der Waals surface area contributed by atoms with Crippen LogP contribution in [-0.2, 0) is 4.79 Å². The van der Waals surface area contributed by atoms with Crippen LogP contribution in [0.1, 0.15) is 32.6 Å². The minimum absolute atomic E-state index is 0.0627. The molecule has 2 heterocycles. The summed E-state index contributed by atoms with van der Waals surface area (Å²) in [7, 11) is 0. The number of amides is 3. The van der Waals surface area contributed by atoms with Crippen LogP contribution in [0.15, 0.2) is 0 Å². The third-order valence-electron chi connectivity index (χ3n) is 4.76. The van der Waals surface area contributed by atoms with Crippen LogP contribution in [0.25, 0.3) is 0 Å². The van der Waals surface area contributed by atoms with E-state index in [1.165, 1.54) is 12.8 Å². The Balaban J connectivity index is 1.58. The summed E-state index contributed by atoms with van der Waals surface area (Å²) in [4.78, 5) is 27.4. The Morgan fingerprint density at radius 3 is 2.48 bits per heavy atom. The molecule has 0 aromatic rings. The van der Waals surface area contributed by atoms with Crippen LogP contribution in [0.2, 0.25) is 0 Å². The number of primary amides is 1. The first kappa shape index (κ1) is 18.0. The number of nitrogens with zero attached hydrogens (tertiary/aromatic N) is 2. The van der Waals surface area contributed by atoms with Crippen molar-refractivity contribution in [3.05, 3.63) is 0 Å². The predicted octanol–water partition coefficient (Wildman–Crippen LogP) is -0.0328. The number of hydrogen-bond donors (Lipinski definition) is 3. The molecule has 1 atom stereocenters. The van der Waals surface area contributed by atoms with Gasteiger partial charge in [-0.3, -0.25) is 9.69 Å². The summed E-state index contributed by atoms with van der Waals surface area (Å²) in [6.07, 6.45) is 4.10. The maximum atomic E-state index is 12.0. The third kappa shape index (κ3) is 6.35. The first-order valence-corrected chi connectivity index (χ1v) is 8.84. The molecule has 2 fully saturated rings. The SMILES string of the molecule is CCCN1CC[C@@H](CNC(=O)NC2CCN(CC(N)=O)CC2)C1. The summed E-state index contributed by atoms with van der Waals surface area (Å²) in [5, 5.41) is 6.06. The summed E-state index contributed by atoms with van der Waals surface area (Å²) in [6.45, 7) is 8.30. The first-order chi connectivity index (χ1) is 11.1. The van der Waals surface area contributed by atoms with E-state index >= 15 is 0 Å². The van der Waals surface area contributed by atoms with E-state index in [9.17, 15) is 9.59 Å². The van der Waals surface area contributed by atoms with E-state index < -0.39 is 0 Å². The second-order valence-electron chi connectivity index (χ2n) is 6.83. The number of likely N-dealkylation sites (tertiary alicyclic amines) is 2. The van der Waals surface area contributed by atoms with Gasteiger partial charge in [0.2, 0.25) is 5.91 Å². The molecule has 2 saturated heterocycles. The van der Waals surface area contributed by atoms with E-state index in [4.69, 9.17) is 5.73 Å². The summed E-state index contributed by atoms with van der Waals surface area (Å²) in [6, 6.07) is 0.131.